The molecule has 0 saturated carbocycles. The van der Waals surface area contributed by atoms with Crippen LogP contribution in [0, 0.1) is 0 Å². The Morgan fingerprint density at radius 3 is 2.79 bits per heavy atom. The van der Waals surface area contributed by atoms with Crippen LogP contribution in [0.5, 0.6) is 0 Å². The van der Waals surface area contributed by atoms with Gasteiger partial charge in [-0.2, -0.15) is 5.10 Å². The van der Waals surface area contributed by atoms with Crippen LogP contribution in [-0.2, 0) is 14.3 Å². The van der Waals surface area contributed by atoms with Crippen LogP contribution in [0.1, 0.15) is 32.8 Å². The lowest BCUT2D eigenvalue weighted by atomic mass is 10.2. The molecule has 0 spiro atoms. The number of thioether (sulfide) groups is 1. The Morgan fingerprint density at radius 2 is 2.14 bits per heavy atom. The topological polar surface area (TPSA) is 129 Å². The first-order valence-corrected chi connectivity index (χ1v) is 9.80. The molecule has 2 amide bonds. The molecule has 1 fully saturated rings. The summed E-state index contributed by atoms with van der Waals surface area (Å²) in [7, 11) is 0. The molecule has 0 aliphatic carbocycles. The zero-order chi connectivity index (χ0) is 20.9. The second-order valence-electron chi connectivity index (χ2n) is 6.70. The van der Waals surface area contributed by atoms with Crippen molar-refractivity contribution in [3.8, 4) is 0 Å². The van der Waals surface area contributed by atoms with E-state index in [0.717, 1.165) is 16.2 Å². The van der Waals surface area contributed by atoms with Gasteiger partial charge in [-0.05, 0) is 32.9 Å². The molecule has 1 aliphatic rings. The van der Waals surface area contributed by atoms with E-state index < -0.39 is 28.8 Å². The van der Waals surface area contributed by atoms with Gasteiger partial charge in [-0.1, -0.05) is 33.8 Å². The summed E-state index contributed by atoms with van der Waals surface area (Å²) in [6.45, 7) is 5.28. The predicted molar refractivity (Wildman–Crippen MR) is 111 cm³/mol. The van der Waals surface area contributed by atoms with Gasteiger partial charge < -0.3 is 15.2 Å². The molecule has 0 radical (unpaired) electrons. The van der Waals surface area contributed by atoms with Crippen molar-refractivity contribution in [3.63, 3.8) is 0 Å². The van der Waals surface area contributed by atoms with E-state index in [1.165, 1.54) is 6.21 Å². The normalized spacial score (nSPS) is 18.4. The Morgan fingerprint density at radius 1 is 1.43 bits per heavy atom. The highest BCUT2D eigenvalue weighted by Gasteiger charge is 2.32. The number of hydrogen-bond donors (Lipinski definition) is 3. The van der Waals surface area contributed by atoms with Crippen LogP contribution in [0.15, 0.2) is 32.9 Å². The number of benzene rings is 1. The summed E-state index contributed by atoms with van der Waals surface area (Å²) < 4.78 is 5.99. The molecule has 3 N–H and O–H groups in total. The van der Waals surface area contributed by atoms with E-state index in [4.69, 9.17) is 9.84 Å². The first-order valence-electron chi connectivity index (χ1n) is 8.13. The third-order valence-corrected chi connectivity index (χ3v) is 4.70. The molecule has 2 rings (SSSR count). The monoisotopic (exact) mass is 470 g/mol. The number of halogens is 1. The van der Waals surface area contributed by atoms with Crippen LogP contribution in [0.3, 0.4) is 0 Å². The van der Waals surface area contributed by atoms with E-state index >= 15 is 0 Å². The SMILES string of the molecule is CC(C)(C)OC(=O)Nc1cc(Br)ccc1C=NN=C1NC(=O)C(CC(=O)O)S1. The Labute approximate surface area is 174 Å². The summed E-state index contributed by atoms with van der Waals surface area (Å²) in [5.74, 6) is -1.48. The number of amides is 2. The molecule has 1 aromatic rings. The third kappa shape index (κ3) is 6.97. The number of ether oxygens (including phenoxy) is 1. The molecule has 1 unspecified atom stereocenters. The van der Waals surface area contributed by atoms with Gasteiger partial charge in [-0.15, -0.1) is 5.10 Å². The summed E-state index contributed by atoms with van der Waals surface area (Å²) in [6, 6.07) is 5.17. The van der Waals surface area contributed by atoms with Crippen LogP contribution in [0.2, 0.25) is 0 Å². The number of hydrogen-bond acceptors (Lipinski definition) is 7. The summed E-state index contributed by atoms with van der Waals surface area (Å²) in [5, 5.41) is 21.2. The van der Waals surface area contributed by atoms with Gasteiger partial charge in [0.1, 0.15) is 10.9 Å². The van der Waals surface area contributed by atoms with Gasteiger partial charge >= 0.3 is 12.1 Å². The van der Waals surface area contributed by atoms with Crippen LogP contribution < -0.4 is 10.6 Å². The number of nitrogens with zero attached hydrogens (tertiary/aromatic N) is 2. The molecule has 1 heterocycles. The maximum Gasteiger partial charge on any atom is 0.412 e. The second kappa shape index (κ2) is 9.20. The largest absolute Gasteiger partial charge is 0.481 e. The maximum atomic E-state index is 12.0. The minimum atomic E-state index is -1.06. The molecule has 150 valence electrons. The minimum absolute atomic E-state index is 0.214. The lowest BCUT2D eigenvalue weighted by Crippen LogP contribution is -2.27. The number of aliphatic carboxylic acids is 1. The van der Waals surface area contributed by atoms with E-state index in [1.807, 2.05) is 0 Å². The van der Waals surface area contributed by atoms with E-state index in [-0.39, 0.29) is 11.6 Å². The Hall–Kier alpha value is -2.40. The molecule has 9 nitrogen and oxygen atoms in total. The first kappa shape index (κ1) is 21.9. The minimum Gasteiger partial charge on any atom is -0.481 e. The third-order valence-electron chi connectivity index (χ3n) is 3.13. The number of carboxylic acids is 1. The second-order valence-corrected chi connectivity index (χ2v) is 8.81. The highest BCUT2D eigenvalue weighted by molar-refractivity contribution is 9.10. The summed E-state index contributed by atoms with van der Waals surface area (Å²) in [4.78, 5) is 34.4. The van der Waals surface area contributed by atoms with Crippen molar-refractivity contribution in [2.75, 3.05) is 5.32 Å². The zero-order valence-corrected chi connectivity index (χ0v) is 17.8. The zero-order valence-electron chi connectivity index (χ0n) is 15.4. The molecule has 1 aliphatic heterocycles. The van der Waals surface area contributed by atoms with E-state index in [1.54, 1.807) is 39.0 Å². The van der Waals surface area contributed by atoms with Crippen LogP contribution in [0.25, 0.3) is 0 Å². The number of rotatable bonds is 5. The number of anilines is 1. The Bertz CT molecular complexity index is 850. The van der Waals surface area contributed by atoms with Crippen LogP contribution >= 0.6 is 27.7 Å². The van der Waals surface area contributed by atoms with Gasteiger partial charge in [-0.25, -0.2) is 4.79 Å². The van der Waals surface area contributed by atoms with Crippen LogP contribution in [0.4, 0.5) is 10.5 Å². The highest BCUT2D eigenvalue weighted by atomic mass is 79.9. The van der Waals surface area contributed by atoms with Crippen molar-refractivity contribution in [1.29, 1.82) is 0 Å². The summed E-state index contributed by atoms with van der Waals surface area (Å²) in [6.07, 6.45) is 0.501. The highest BCUT2D eigenvalue weighted by Crippen LogP contribution is 2.23. The van der Waals surface area contributed by atoms with E-state index in [2.05, 4.69) is 36.8 Å². The molecular weight excluding hydrogens is 452 g/mol. The molecule has 28 heavy (non-hydrogen) atoms. The van der Waals surface area contributed by atoms with Crippen molar-refractivity contribution in [2.45, 2.75) is 38.0 Å². The molecule has 1 saturated heterocycles. The quantitative estimate of drug-likeness (QED) is 0.447. The van der Waals surface area contributed by atoms with E-state index in [0.29, 0.717) is 11.3 Å². The molecule has 1 aromatic carbocycles. The van der Waals surface area contributed by atoms with Gasteiger partial charge in [0.25, 0.3) is 0 Å². The Balaban J connectivity index is 2.10. The van der Waals surface area contributed by atoms with Crippen molar-refractivity contribution in [3.05, 3.63) is 28.2 Å². The van der Waals surface area contributed by atoms with E-state index in [9.17, 15) is 14.4 Å². The van der Waals surface area contributed by atoms with Crippen molar-refractivity contribution >= 4 is 62.7 Å². The summed E-state index contributed by atoms with van der Waals surface area (Å²) >= 11 is 4.34. The lowest BCUT2D eigenvalue weighted by Gasteiger charge is -2.20. The fourth-order valence-electron chi connectivity index (χ4n) is 2.05. The average molecular weight is 471 g/mol. The number of amidine groups is 1. The van der Waals surface area contributed by atoms with Gasteiger partial charge in [0, 0.05) is 10.0 Å². The van der Waals surface area contributed by atoms with Crippen molar-refractivity contribution in [2.24, 2.45) is 10.2 Å². The molecule has 1 atom stereocenters. The maximum absolute atomic E-state index is 12.0. The number of nitrogens with one attached hydrogen (secondary N) is 2. The van der Waals surface area contributed by atoms with Crippen molar-refractivity contribution in [1.82, 2.24) is 5.32 Å². The fraction of sp³-hybridized carbons (Fsp3) is 0.353. The number of carboxylic acid groups (broad SMARTS) is 1. The predicted octanol–water partition coefficient (Wildman–Crippen LogP) is 3.19. The molecule has 11 heteroatoms. The number of carbonyl (C=O) groups excluding carboxylic acids is 2. The smallest absolute Gasteiger partial charge is 0.412 e. The lowest BCUT2D eigenvalue weighted by molar-refractivity contribution is -0.138. The first-order chi connectivity index (χ1) is 13.0. The average Bonchev–Trinajstić information content (AvgIpc) is 2.86. The Kier molecular flexibility index (Phi) is 7.19. The van der Waals surface area contributed by atoms with Crippen LogP contribution in [-0.4, -0.2) is 45.3 Å². The summed E-state index contributed by atoms with van der Waals surface area (Å²) in [5.41, 5.74) is 0.384. The van der Waals surface area contributed by atoms with Gasteiger partial charge in [-0.3, -0.25) is 14.9 Å². The molecule has 0 aromatic heterocycles. The molecular formula is C17H19BrN4O5S. The van der Waals surface area contributed by atoms with Gasteiger partial charge in [0.2, 0.25) is 5.91 Å². The number of carbonyl (C=O) groups is 3. The fourth-order valence-corrected chi connectivity index (χ4v) is 3.33. The standard InChI is InChI=1S/C17H19BrN4O5S/c1-17(2,3)27-16(26)20-11-6-10(18)5-4-9(11)8-19-22-15-21-14(25)12(28-15)7-13(23)24/h4-6,8,12H,7H2,1-3H3,(H,20,26)(H,23,24)(H,21,22,25). The molecule has 0 bridgehead atoms. The van der Waals surface area contributed by atoms with Gasteiger partial charge in [0.05, 0.1) is 18.3 Å². The van der Waals surface area contributed by atoms with Gasteiger partial charge in [0.15, 0.2) is 5.17 Å². The van der Waals surface area contributed by atoms with Crippen molar-refractivity contribution < 1.29 is 24.2 Å².